The van der Waals surface area contributed by atoms with Crippen LogP contribution >= 0.6 is 11.6 Å². The van der Waals surface area contributed by atoms with E-state index in [0.717, 1.165) is 23.6 Å². The summed E-state index contributed by atoms with van der Waals surface area (Å²) in [6, 6.07) is 5.29. The molecule has 0 bridgehead atoms. The third-order valence-electron chi connectivity index (χ3n) is 3.46. The Balaban J connectivity index is 1.68. The number of anilines is 1. The van der Waals surface area contributed by atoms with Gasteiger partial charge in [-0.25, -0.2) is 15.0 Å². The minimum atomic E-state index is -0.0703. The van der Waals surface area contributed by atoms with Crippen LogP contribution in [-0.4, -0.2) is 20.9 Å². The molecule has 5 nitrogen and oxygen atoms in total. The highest BCUT2D eigenvalue weighted by atomic mass is 35.5. The summed E-state index contributed by atoms with van der Waals surface area (Å²) in [5.41, 5.74) is 2.36. The molecule has 1 fully saturated rings. The number of pyridine rings is 1. The first-order valence-electron chi connectivity index (χ1n) is 6.77. The van der Waals surface area contributed by atoms with Crippen molar-refractivity contribution in [3.05, 3.63) is 46.8 Å². The second-order valence-electron chi connectivity index (χ2n) is 5.31. The average molecular weight is 303 g/mol. The van der Waals surface area contributed by atoms with E-state index in [1.807, 2.05) is 19.9 Å². The molecule has 1 amide bonds. The highest BCUT2D eigenvalue weighted by Crippen LogP contribution is 2.46. The Hall–Kier alpha value is -2.01. The number of aryl methyl sites for hydroxylation is 2. The molecule has 0 spiro atoms. The lowest BCUT2D eigenvalue weighted by Crippen LogP contribution is -2.15. The Morgan fingerprint density at radius 1 is 1.29 bits per heavy atom. The van der Waals surface area contributed by atoms with Gasteiger partial charge in [-0.2, -0.15) is 0 Å². The lowest BCUT2D eigenvalue weighted by molar-refractivity contribution is -0.117. The van der Waals surface area contributed by atoms with Crippen LogP contribution in [0, 0.1) is 19.8 Å². The van der Waals surface area contributed by atoms with Gasteiger partial charge in [0.25, 0.3) is 0 Å². The molecule has 3 rings (SSSR count). The van der Waals surface area contributed by atoms with Crippen LogP contribution in [0.5, 0.6) is 0 Å². The van der Waals surface area contributed by atoms with Crippen LogP contribution in [0.4, 0.5) is 5.69 Å². The lowest BCUT2D eigenvalue weighted by Gasteiger charge is -2.06. The van der Waals surface area contributed by atoms with Gasteiger partial charge in [-0.15, -0.1) is 0 Å². The van der Waals surface area contributed by atoms with E-state index in [-0.39, 0.29) is 17.7 Å². The molecule has 21 heavy (non-hydrogen) atoms. The Kier molecular flexibility index (Phi) is 3.59. The molecular formula is C15H15ClN4O. The molecule has 6 heteroatoms. The molecule has 0 radical (unpaired) electrons. The number of hydrogen-bond donors (Lipinski definition) is 1. The van der Waals surface area contributed by atoms with E-state index >= 15 is 0 Å². The molecule has 0 unspecified atom stereocenters. The Bertz CT molecular complexity index is 684. The molecule has 0 aromatic carbocycles. The summed E-state index contributed by atoms with van der Waals surface area (Å²) in [6.07, 6.45) is 2.52. The summed E-state index contributed by atoms with van der Waals surface area (Å²) in [7, 11) is 0. The second kappa shape index (κ2) is 5.41. The predicted molar refractivity (Wildman–Crippen MR) is 80.2 cm³/mol. The van der Waals surface area contributed by atoms with Gasteiger partial charge in [0, 0.05) is 35.1 Å². The summed E-state index contributed by atoms with van der Waals surface area (Å²) in [5, 5.41) is 3.26. The van der Waals surface area contributed by atoms with Crippen molar-refractivity contribution >= 4 is 23.2 Å². The van der Waals surface area contributed by atoms with Gasteiger partial charge in [0.15, 0.2) is 0 Å². The number of amides is 1. The van der Waals surface area contributed by atoms with Crippen LogP contribution in [0.25, 0.3) is 0 Å². The first-order chi connectivity index (χ1) is 10.0. The number of carbonyl (C=O) groups excluding carboxylic acids is 1. The summed E-state index contributed by atoms with van der Waals surface area (Å²) in [6.45, 7) is 3.76. The van der Waals surface area contributed by atoms with Crippen LogP contribution in [0.2, 0.25) is 5.15 Å². The first kappa shape index (κ1) is 13.9. The van der Waals surface area contributed by atoms with Crippen LogP contribution in [0.3, 0.4) is 0 Å². The van der Waals surface area contributed by atoms with E-state index in [1.54, 1.807) is 18.3 Å². The van der Waals surface area contributed by atoms with Crippen molar-refractivity contribution in [3.63, 3.8) is 0 Å². The fraction of sp³-hybridized carbons (Fsp3) is 0.333. The van der Waals surface area contributed by atoms with Crippen molar-refractivity contribution in [1.29, 1.82) is 0 Å². The SMILES string of the molecule is Cc1cc(NC(=O)[C@H]2C[C@@H]2c2nccc(C)n2)cc(Cl)n1. The molecule has 2 heterocycles. The number of rotatable bonds is 3. The molecule has 1 aliphatic carbocycles. The summed E-state index contributed by atoms with van der Waals surface area (Å²) < 4.78 is 0. The summed E-state index contributed by atoms with van der Waals surface area (Å²) in [5.74, 6) is 0.771. The van der Waals surface area contributed by atoms with E-state index in [0.29, 0.717) is 10.8 Å². The van der Waals surface area contributed by atoms with Crippen LogP contribution < -0.4 is 5.32 Å². The number of aromatic nitrogens is 3. The summed E-state index contributed by atoms with van der Waals surface area (Å²) in [4.78, 5) is 24.9. The first-order valence-corrected chi connectivity index (χ1v) is 7.15. The van der Waals surface area contributed by atoms with E-state index in [9.17, 15) is 4.79 Å². The zero-order chi connectivity index (χ0) is 15.0. The largest absolute Gasteiger partial charge is 0.326 e. The molecule has 1 saturated carbocycles. The maximum absolute atomic E-state index is 12.2. The zero-order valence-electron chi connectivity index (χ0n) is 11.8. The van der Waals surface area contributed by atoms with Gasteiger partial charge in [0.1, 0.15) is 11.0 Å². The van der Waals surface area contributed by atoms with Gasteiger partial charge >= 0.3 is 0 Å². The highest BCUT2D eigenvalue weighted by Gasteiger charge is 2.46. The Morgan fingerprint density at radius 2 is 2.10 bits per heavy atom. The van der Waals surface area contributed by atoms with Crippen molar-refractivity contribution in [2.24, 2.45) is 5.92 Å². The number of nitrogens with zero attached hydrogens (tertiary/aromatic N) is 3. The van der Waals surface area contributed by atoms with Crippen LogP contribution in [-0.2, 0) is 4.79 Å². The lowest BCUT2D eigenvalue weighted by atomic mass is 10.2. The van der Waals surface area contributed by atoms with Gasteiger partial charge in [-0.3, -0.25) is 4.79 Å². The molecule has 0 saturated heterocycles. The Labute approximate surface area is 127 Å². The second-order valence-corrected chi connectivity index (χ2v) is 5.70. The van der Waals surface area contributed by atoms with Crippen molar-refractivity contribution in [3.8, 4) is 0 Å². The van der Waals surface area contributed by atoms with Gasteiger partial charge < -0.3 is 5.32 Å². The van der Waals surface area contributed by atoms with Gasteiger partial charge in [-0.05, 0) is 38.5 Å². The number of hydrogen-bond acceptors (Lipinski definition) is 4. The summed E-state index contributed by atoms with van der Waals surface area (Å²) >= 11 is 5.89. The standard InChI is InChI=1S/C15H15ClN4O/c1-8-3-4-17-14(19-8)11-7-12(11)15(21)20-10-5-9(2)18-13(16)6-10/h3-6,11-12H,7H2,1-2H3,(H,18,20,21)/t11-,12-/m0/s1. The third kappa shape index (κ3) is 3.19. The monoisotopic (exact) mass is 302 g/mol. The molecule has 0 aliphatic heterocycles. The molecule has 2 atom stereocenters. The molecule has 108 valence electrons. The third-order valence-corrected chi connectivity index (χ3v) is 3.66. The molecule has 2 aromatic rings. The topological polar surface area (TPSA) is 67.8 Å². The molecule has 1 aliphatic rings. The van der Waals surface area contributed by atoms with Crippen LogP contribution in [0.15, 0.2) is 24.4 Å². The minimum absolute atomic E-state index is 0.0215. The van der Waals surface area contributed by atoms with Crippen molar-refractivity contribution in [2.75, 3.05) is 5.32 Å². The van der Waals surface area contributed by atoms with Crippen molar-refractivity contribution in [1.82, 2.24) is 15.0 Å². The molecular weight excluding hydrogens is 288 g/mol. The zero-order valence-corrected chi connectivity index (χ0v) is 12.6. The van der Waals surface area contributed by atoms with Crippen molar-refractivity contribution < 1.29 is 4.79 Å². The van der Waals surface area contributed by atoms with E-state index in [1.165, 1.54) is 0 Å². The fourth-order valence-electron chi connectivity index (χ4n) is 2.35. The van der Waals surface area contributed by atoms with Gasteiger partial charge in [-0.1, -0.05) is 11.6 Å². The maximum Gasteiger partial charge on any atom is 0.228 e. The average Bonchev–Trinajstić information content (AvgIpc) is 3.17. The van der Waals surface area contributed by atoms with E-state index in [4.69, 9.17) is 11.6 Å². The van der Waals surface area contributed by atoms with Crippen LogP contribution in [0.1, 0.15) is 29.6 Å². The van der Waals surface area contributed by atoms with E-state index in [2.05, 4.69) is 20.3 Å². The molecule has 2 aromatic heterocycles. The van der Waals surface area contributed by atoms with E-state index < -0.39 is 0 Å². The quantitative estimate of drug-likeness (QED) is 0.885. The molecule has 1 N–H and O–H groups in total. The van der Waals surface area contributed by atoms with Gasteiger partial charge in [0.05, 0.1) is 0 Å². The smallest absolute Gasteiger partial charge is 0.228 e. The maximum atomic E-state index is 12.2. The fourth-order valence-corrected chi connectivity index (χ4v) is 2.60. The van der Waals surface area contributed by atoms with Gasteiger partial charge in [0.2, 0.25) is 5.91 Å². The number of nitrogens with one attached hydrogen (secondary N) is 1. The normalized spacial score (nSPS) is 20.1. The number of halogens is 1. The Morgan fingerprint density at radius 3 is 2.81 bits per heavy atom. The highest BCUT2D eigenvalue weighted by molar-refractivity contribution is 6.29. The minimum Gasteiger partial charge on any atom is -0.326 e. The van der Waals surface area contributed by atoms with Crippen molar-refractivity contribution in [2.45, 2.75) is 26.2 Å². The number of carbonyl (C=O) groups is 1. The predicted octanol–water partition coefficient (Wildman–Crippen LogP) is 2.88.